The van der Waals surface area contributed by atoms with Crippen molar-refractivity contribution in [3.05, 3.63) is 35.9 Å². The predicted octanol–water partition coefficient (Wildman–Crippen LogP) is 1.49. The second kappa shape index (κ2) is 5.62. The molecule has 17 heavy (non-hydrogen) atoms. The molecule has 0 saturated carbocycles. The first-order chi connectivity index (χ1) is 7.93. The van der Waals surface area contributed by atoms with Crippen molar-refractivity contribution in [2.24, 2.45) is 0 Å². The quantitative estimate of drug-likeness (QED) is 0.840. The highest BCUT2D eigenvalue weighted by Crippen LogP contribution is 2.28. The summed E-state index contributed by atoms with van der Waals surface area (Å²) in [4.78, 5) is 0. The molecule has 0 bridgehead atoms. The topological polar surface area (TPSA) is 55.4 Å². The lowest BCUT2D eigenvalue weighted by molar-refractivity contribution is -0.0132. The minimum Gasteiger partial charge on any atom is -0.372 e. The van der Waals surface area contributed by atoms with Gasteiger partial charge in [-0.25, -0.2) is 13.1 Å². The Bertz CT molecular complexity index is 438. The van der Waals surface area contributed by atoms with E-state index in [-0.39, 0.29) is 6.54 Å². The third-order valence-corrected chi connectivity index (χ3v) is 3.55. The van der Waals surface area contributed by atoms with Gasteiger partial charge in [0.05, 0.1) is 6.26 Å². The van der Waals surface area contributed by atoms with Gasteiger partial charge in [0.1, 0.15) is 5.60 Å². The summed E-state index contributed by atoms with van der Waals surface area (Å²) in [6.07, 6.45) is 1.84. The van der Waals surface area contributed by atoms with Gasteiger partial charge >= 0.3 is 0 Å². The Balaban J connectivity index is 2.98. The van der Waals surface area contributed by atoms with Crippen molar-refractivity contribution in [2.75, 3.05) is 19.9 Å². The monoisotopic (exact) mass is 257 g/mol. The van der Waals surface area contributed by atoms with Crippen molar-refractivity contribution in [3.8, 4) is 0 Å². The van der Waals surface area contributed by atoms with Crippen molar-refractivity contribution in [1.29, 1.82) is 0 Å². The molecule has 1 aromatic rings. The summed E-state index contributed by atoms with van der Waals surface area (Å²) >= 11 is 0. The van der Waals surface area contributed by atoms with Crippen molar-refractivity contribution in [1.82, 2.24) is 4.72 Å². The minimum absolute atomic E-state index is 0.239. The SMILES string of the molecule is CC[C@](CNS(C)(=O)=O)(OC)c1ccccc1. The van der Waals surface area contributed by atoms with E-state index in [4.69, 9.17) is 4.74 Å². The Kier molecular flexibility index (Phi) is 4.68. The number of hydrogen-bond donors (Lipinski definition) is 1. The lowest BCUT2D eigenvalue weighted by Crippen LogP contribution is -2.41. The second-order valence-corrected chi connectivity index (χ2v) is 5.84. The standard InChI is InChI=1S/C12H19NO3S/c1-4-12(16-2,10-13-17(3,14)15)11-8-6-5-7-9-11/h5-9,13H,4,10H2,1-3H3/t12-/m1/s1. The molecule has 1 rings (SSSR count). The largest absolute Gasteiger partial charge is 0.372 e. The third-order valence-electron chi connectivity index (χ3n) is 2.88. The van der Waals surface area contributed by atoms with Crippen LogP contribution < -0.4 is 4.72 Å². The van der Waals surface area contributed by atoms with E-state index >= 15 is 0 Å². The van der Waals surface area contributed by atoms with E-state index in [0.717, 1.165) is 11.8 Å². The van der Waals surface area contributed by atoms with Gasteiger partial charge in [0.15, 0.2) is 0 Å². The van der Waals surface area contributed by atoms with Gasteiger partial charge in [-0.3, -0.25) is 0 Å². The van der Waals surface area contributed by atoms with E-state index in [0.29, 0.717) is 6.42 Å². The minimum atomic E-state index is -3.22. The maximum atomic E-state index is 11.2. The first kappa shape index (κ1) is 14.2. The van der Waals surface area contributed by atoms with Crippen LogP contribution in [0.4, 0.5) is 0 Å². The Morgan fingerprint density at radius 2 is 1.88 bits per heavy atom. The zero-order valence-electron chi connectivity index (χ0n) is 10.4. The third kappa shape index (κ3) is 3.80. The molecule has 4 nitrogen and oxygen atoms in total. The molecule has 0 radical (unpaired) electrons. The van der Waals surface area contributed by atoms with E-state index in [1.165, 1.54) is 0 Å². The summed E-state index contributed by atoms with van der Waals surface area (Å²) < 4.78 is 30.4. The molecule has 96 valence electrons. The number of methoxy groups -OCH3 is 1. The van der Waals surface area contributed by atoms with Crippen LogP contribution in [0, 0.1) is 0 Å². The summed E-state index contributed by atoms with van der Waals surface area (Å²) in [7, 11) is -1.62. The average molecular weight is 257 g/mol. The molecule has 0 aliphatic carbocycles. The fraction of sp³-hybridized carbons (Fsp3) is 0.500. The van der Waals surface area contributed by atoms with Crippen LogP contribution in [0.15, 0.2) is 30.3 Å². The lowest BCUT2D eigenvalue weighted by Gasteiger charge is -2.31. The summed E-state index contributed by atoms with van der Waals surface area (Å²) in [5.41, 5.74) is 0.366. The molecule has 5 heteroatoms. The molecule has 1 aromatic carbocycles. The van der Waals surface area contributed by atoms with E-state index in [2.05, 4.69) is 4.72 Å². The number of nitrogens with one attached hydrogen (secondary N) is 1. The molecular formula is C12H19NO3S. The highest BCUT2D eigenvalue weighted by Gasteiger charge is 2.30. The summed E-state index contributed by atoms with van der Waals surface area (Å²) in [5, 5.41) is 0. The number of rotatable bonds is 6. The van der Waals surface area contributed by atoms with Gasteiger partial charge in [-0.2, -0.15) is 0 Å². The van der Waals surface area contributed by atoms with Crippen molar-refractivity contribution >= 4 is 10.0 Å². The fourth-order valence-electron chi connectivity index (χ4n) is 1.76. The van der Waals surface area contributed by atoms with Crippen LogP contribution in [0.2, 0.25) is 0 Å². The summed E-state index contributed by atoms with van der Waals surface area (Å²) in [5.74, 6) is 0. The van der Waals surface area contributed by atoms with Crippen molar-refractivity contribution in [2.45, 2.75) is 18.9 Å². The molecule has 0 amide bonds. The second-order valence-electron chi connectivity index (χ2n) is 4.01. The molecule has 1 N–H and O–H groups in total. The van der Waals surface area contributed by atoms with Crippen molar-refractivity contribution < 1.29 is 13.2 Å². The number of sulfonamides is 1. The zero-order chi connectivity index (χ0) is 12.9. The summed E-state index contributed by atoms with van der Waals surface area (Å²) in [6, 6.07) is 9.63. The van der Waals surface area contributed by atoms with Gasteiger partial charge in [0.25, 0.3) is 0 Å². The molecule has 0 unspecified atom stereocenters. The number of benzene rings is 1. The molecule has 1 atom stereocenters. The van der Waals surface area contributed by atoms with Gasteiger partial charge in [-0.15, -0.1) is 0 Å². The Morgan fingerprint density at radius 3 is 2.29 bits per heavy atom. The Labute approximate surface area is 103 Å². The Hall–Kier alpha value is -0.910. The van der Waals surface area contributed by atoms with Gasteiger partial charge in [-0.05, 0) is 12.0 Å². The summed E-state index contributed by atoms with van der Waals surface area (Å²) in [6.45, 7) is 2.21. The highest BCUT2D eigenvalue weighted by atomic mass is 32.2. The number of ether oxygens (including phenoxy) is 1. The zero-order valence-corrected chi connectivity index (χ0v) is 11.3. The molecule has 0 fully saturated rings. The van der Waals surface area contributed by atoms with Crippen LogP contribution >= 0.6 is 0 Å². The van der Waals surface area contributed by atoms with Gasteiger partial charge in [0, 0.05) is 13.7 Å². The first-order valence-corrected chi connectivity index (χ1v) is 7.38. The maximum absolute atomic E-state index is 11.2. The smallest absolute Gasteiger partial charge is 0.208 e. The van der Waals surface area contributed by atoms with E-state index in [9.17, 15) is 8.42 Å². The van der Waals surface area contributed by atoms with Crippen LogP contribution in [-0.2, 0) is 20.4 Å². The lowest BCUT2D eigenvalue weighted by atomic mass is 9.91. The van der Waals surface area contributed by atoms with Gasteiger partial charge in [-0.1, -0.05) is 37.3 Å². The van der Waals surface area contributed by atoms with Crippen LogP contribution in [0.25, 0.3) is 0 Å². The van der Waals surface area contributed by atoms with Crippen LogP contribution in [0.1, 0.15) is 18.9 Å². The van der Waals surface area contributed by atoms with E-state index in [1.54, 1.807) is 7.11 Å². The number of hydrogen-bond acceptors (Lipinski definition) is 3. The molecule has 0 aliphatic heterocycles. The molecule has 0 heterocycles. The molecule has 0 aliphatic rings. The molecule has 0 saturated heterocycles. The van der Waals surface area contributed by atoms with Gasteiger partial charge < -0.3 is 4.74 Å². The van der Waals surface area contributed by atoms with Gasteiger partial charge in [0.2, 0.25) is 10.0 Å². The average Bonchev–Trinajstić information content (AvgIpc) is 2.31. The first-order valence-electron chi connectivity index (χ1n) is 5.49. The van der Waals surface area contributed by atoms with E-state index in [1.807, 2.05) is 37.3 Å². The van der Waals surface area contributed by atoms with Crippen LogP contribution in [0.5, 0.6) is 0 Å². The maximum Gasteiger partial charge on any atom is 0.208 e. The molecule has 0 aromatic heterocycles. The van der Waals surface area contributed by atoms with Crippen molar-refractivity contribution in [3.63, 3.8) is 0 Å². The van der Waals surface area contributed by atoms with E-state index < -0.39 is 15.6 Å². The van der Waals surface area contributed by atoms with Crippen LogP contribution in [0.3, 0.4) is 0 Å². The van der Waals surface area contributed by atoms with Crippen LogP contribution in [-0.4, -0.2) is 28.3 Å². The molecule has 0 spiro atoms. The normalized spacial score (nSPS) is 15.5. The Morgan fingerprint density at radius 1 is 1.29 bits per heavy atom. The molecular weight excluding hydrogens is 238 g/mol. The fourth-order valence-corrected chi connectivity index (χ4v) is 2.25. The predicted molar refractivity (Wildman–Crippen MR) is 68.3 cm³/mol. The highest BCUT2D eigenvalue weighted by molar-refractivity contribution is 7.88.